The molecule has 1 aliphatic rings. The Morgan fingerprint density at radius 2 is 2.12 bits per heavy atom. The third-order valence-corrected chi connectivity index (χ3v) is 5.23. The van der Waals surface area contributed by atoms with Crippen molar-refractivity contribution >= 4 is 17.2 Å². The first-order valence-electron chi connectivity index (χ1n) is 8.60. The number of carbonyl (C=O) groups excluding carboxylic acids is 1. The summed E-state index contributed by atoms with van der Waals surface area (Å²) in [6.45, 7) is 0.306. The number of aromatic nitrogens is 2. The van der Waals surface area contributed by atoms with Gasteiger partial charge < -0.3 is 9.42 Å². The van der Waals surface area contributed by atoms with Gasteiger partial charge in [-0.25, -0.2) is 4.39 Å². The van der Waals surface area contributed by atoms with Crippen LogP contribution in [0.5, 0.6) is 0 Å². The van der Waals surface area contributed by atoms with E-state index in [0.29, 0.717) is 30.2 Å². The Kier molecular flexibility index (Phi) is 4.79. The zero-order valence-corrected chi connectivity index (χ0v) is 14.9. The average molecular weight is 371 g/mol. The molecule has 0 radical (unpaired) electrons. The van der Waals surface area contributed by atoms with Crippen LogP contribution in [-0.2, 0) is 17.8 Å². The zero-order chi connectivity index (χ0) is 17.9. The first-order valence-corrected chi connectivity index (χ1v) is 9.48. The van der Waals surface area contributed by atoms with Gasteiger partial charge in [-0.05, 0) is 30.4 Å². The molecule has 26 heavy (non-hydrogen) atoms. The first-order chi connectivity index (χ1) is 12.7. The fraction of sp³-hybridized carbons (Fsp3) is 0.316. The summed E-state index contributed by atoms with van der Waals surface area (Å²) >= 11 is 1.54. The number of thiophene rings is 1. The van der Waals surface area contributed by atoms with Gasteiger partial charge in [0.05, 0.1) is 4.88 Å². The topological polar surface area (TPSA) is 59.2 Å². The quantitative estimate of drug-likeness (QED) is 0.628. The van der Waals surface area contributed by atoms with Gasteiger partial charge in [0.2, 0.25) is 17.6 Å². The van der Waals surface area contributed by atoms with Gasteiger partial charge in [-0.15, -0.1) is 11.3 Å². The molecule has 1 aromatic carbocycles. The molecular formula is C19H18FN3O2S. The highest BCUT2D eigenvalue weighted by atomic mass is 32.1. The predicted molar refractivity (Wildman–Crippen MR) is 95.9 cm³/mol. The van der Waals surface area contributed by atoms with Crippen molar-refractivity contribution in [3.63, 3.8) is 0 Å². The molecule has 1 aliphatic carbocycles. The summed E-state index contributed by atoms with van der Waals surface area (Å²) in [5, 5.41) is 5.91. The molecule has 2 heterocycles. The number of halogens is 1. The number of aryl methyl sites for hydroxylation is 1. The summed E-state index contributed by atoms with van der Waals surface area (Å²) in [6, 6.07) is 10.7. The van der Waals surface area contributed by atoms with E-state index in [1.165, 1.54) is 17.4 Å². The minimum Gasteiger partial charge on any atom is -0.339 e. The molecule has 0 N–H and O–H groups in total. The van der Waals surface area contributed by atoms with Crippen LogP contribution in [0.25, 0.3) is 10.7 Å². The van der Waals surface area contributed by atoms with E-state index in [4.69, 9.17) is 4.52 Å². The molecule has 0 saturated heterocycles. The molecule has 5 nitrogen and oxygen atoms in total. The van der Waals surface area contributed by atoms with Gasteiger partial charge in [0.15, 0.2) is 0 Å². The highest BCUT2D eigenvalue weighted by Crippen LogP contribution is 2.30. The van der Waals surface area contributed by atoms with Crippen molar-refractivity contribution in [2.24, 2.45) is 0 Å². The predicted octanol–water partition coefficient (Wildman–Crippen LogP) is 4.06. The molecule has 0 bridgehead atoms. The monoisotopic (exact) mass is 371 g/mol. The van der Waals surface area contributed by atoms with Crippen molar-refractivity contribution < 1.29 is 13.7 Å². The normalized spacial score (nSPS) is 13.7. The van der Waals surface area contributed by atoms with Crippen LogP contribution in [0.3, 0.4) is 0 Å². The maximum Gasteiger partial charge on any atom is 0.227 e. The Morgan fingerprint density at radius 3 is 2.85 bits per heavy atom. The number of benzene rings is 1. The van der Waals surface area contributed by atoms with Crippen molar-refractivity contribution in [2.45, 2.75) is 38.3 Å². The van der Waals surface area contributed by atoms with E-state index in [2.05, 4.69) is 10.1 Å². The second kappa shape index (κ2) is 7.37. The number of carbonyl (C=O) groups is 1. The Morgan fingerprint density at radius 1 is 1.27 bits per heavy atom. The Hall–Kier alpha value is -2.54. The molecule has 134 valence electrons. The van der Waals surface area contributed by atoms with Gasteiger partial charge in [0, 0.05) is 31.0 Å². The molecule has 4 rings (SSSR count). The minimum atomic E-state index is -0.275. The number of hydrogen-bond acceptors (Lipinski definition) is 5. The van der Waals surface area contributed by atoms with Crippen LogP contribution in [0, 0.1) is 5.82 Å². The smallest absolute Gasteiger partial charge is 0.227 e. The van der Waals surface area contributed by atoms with E-state index in [9.17, 15) is 9.18 Å². The molecule has 0 aliphatic heterocycles. The molecule has 1 amide bonds. The summed E-state index contributed by atoms with van der Waals surface area (Å²) in [7, 11) is 0. The van der Waals surface area contributed by atoms with E-state index < -0.39 is 0 Å². The molecule has 1 fully saturated rings. The average Bonchev–Trinajstić information content (AvgIpc) is 3.14. The zero-order valence-electron chi connectivity index (χ0n) is 14.1. The first kappa shape index (κ1) is 16.9. The molecule has 0 atom stereocenters. The lowest BCUT2D eigenvalue weighted by Gasteiger charge is -2.22. The summed E-state index contributed by atoms with van der Waals surface area (Å²) in [6.07, 6.45) is 2.61. The van der Waals surface area contributed by atoms with Gasteiger partial charge in [0.1, 0.15) is 5.82 Å². The standard InChI is InChI=1S/C19H18FN3O2S/c20-15-5-2-1-4-13(15)12-23(14-7-8-14)18(24)10-9-17-21-19(22-25-17)16-6-3-11-26-16/h1-6,11,14H,7-10,12H2. The van der Waals surface area contributed by atoms with Crippen LogP contribution in [-0.4, -0.2) is 27.0 Å². The van der Waals surface area contributed by atoms with Gasteiger partial charge in [-0.3, -0.25) is 4.79 Å². The Balaban J connectivity index is 1.39. The van der Waals surface area contributed by atoms with E-state index in [1.54, 1.807) is 23.1 Å². The van der Waals surface area contributed by atoms with Crippen molar-refractivity contribution in [3.8, 4) is 10.7 Å². The van der Waals surface area contributed by atoms with Crippen molar-refractivity contribution in [1.29, 1.82) is 0 Å². The molecule has 0 unspecified atom stereocenters. The number of rotatable bonds is 7. The third kappa shape index (κ3) is 3.83. The van der Waals surface area contributed by atoms with Gasteiger partial charge >= 0.3 is 0 Å². The SMILES string of the molecule is O=C(CCc1nc(-c2cccs2)no1)N(Cc1ccccc1F)C1CC1. The van der Waals surface area contributed by atoms with E-state index in [0.717, 1.165) is 17.7 Å². The van der Waals surface area contributed by atoms with Gasteiger partial charge in [-0.2, -0.15) is 4.98 Å². The number of nitrogens with zero attached hydrogens (tertiary/aromatic N) is 3. The lowest BCUT2D eigenvalue weighted by Crippen LogP contribution is -2.33. The maximum absolute atomic E-state index is 13.9. The van der Waals surface area contributed by atoms with Crippen LogP contribution in [0.2, 0.25) is 0 Å². The summed E-state index contributed by atoms with van der Waals surface area (Å²) < 4.78 is 19.2. The van der Waals surface area contributed by atoms with Crippen molar-refractivity contribution in [1.82, 2.24) is 15.0 Å². The fourth-order valence-corrected chi connectivity index (χ4v) is 3.49. The van der Waals surface area contributed by atoms with Crippen LogP contribution in [0.4, 0.5) is 4.39 Å². The highest BCUT2D eigenvalue weighted by molar-refractivity contribution is 7.13. The fourth-order valence-electron chi connectivity index (χ4n) is 2.84. The maximum atomic E-state index is 13.9. The second-order valence-electron chi connectivity index (χ2n) is 6.33. The minimum absolute atomic E-state index is 0.00775. The lowest BCUT2D eigenvalue weighted by molar-refractivity contribution is -0.132. The van der Waals surface area contributed by atoms with Crippen LogP contribution >= 0.6 is 11.3 Å². The molecule has 0 spiro atoms. The van der Waals surface area contributed by atoms with Crippen LogP contribution < -0.4 is 0 Å². The van der Waals surface area contributed by atoms with Crippen molar-refractivity contribution in [3.05, 3.63) is 59.0 Å². The van der Waals surface area contributed by atoms with Gasteiger partial charge in [-0.1, -0.05) is 29.4 Å². The Labute approximate surface area is 154 Å². The third-order valence-electron chi connectivity index (χ3n) is 4.37. The van der Waals surface area contributed by atoms with E-state index in [1.807, 2.05) is 17.5 Å². The summed E-state index contributed by atoms with van der Waals surface area (Å²) in [4.78, 5) is 19.7. The number of amides is 1. The molecule has 3 aromatic rings. The molecule has 7 heteroatoms. The lowest BCUT2D eigenvalue weighted by atomic mass is 10.2. The Bertz CT molecular complexity index is 890. The summed E-state index contributed by atoms with van der Waals surface area (Å²) in [5.41, 5.74) is 0.547. The largest absolute Gasteiger partial charge is 0.339 e. The summed E-state index contributed by atoms with van der Waals surface area (Å²) in [5.74, 6) is 0.714. The molecule has 1 saturated carbocycles. The highest BCUT2D eigenvalue weighted by Gasteiger charge is 2.32. The van der Waals surface area contributed by atoms with Crippen LogP contribution in [0.1, 0.15) is 30.7 Å². The van der Waals surface area contributed by atoms with Gasteiger partial charge in [0.25, 0.3) is 0 Å². The second-order valence-corrected chi connectivity index (χ2v) is 7.28. The van der Waals surface area contributed by atoms with Crippen molar-refractivity contribution in [2.75, 3.05) is 0 Å². The molecule has 2 aromatic heterocycles. The van der Waals surface area contributed by atoms with Crippen LogP contribution in [0.15, 0.2) is 46.3 Å². The van der Waals surface area contributed by atoms with E-state index in [-0.39, 0.29) is 24.2 Å². The molecular weight excluding hydrogens is 353 g/mol. The number of hydrogen-bond donors (Lipinski definition) is 0. The van der Waals surface area contributed by atoms with E-state index >= 15 is 0 Å².